The van der Waals surface area contributed by atoms with Gasteiger partial charge in [0.05, 0.1) is 11.1 Å². The van der Waals surface area contributed by atoms with E-state index in [1.807, 2.05) is 0 Å². The molecule has 1 aromatic rings. The number of hydrogen-bond donors (Lipinski definition) is 0. The summed E-state index contributed by atoms with van der Waals surface area (Å²) in [7, 11) is 0. The number of benzene rings is 1. The molecule has 2 fully saturated rings. The SMILES string of the molecule is O=C(C[C@@H]1C[C@@H]2CC[C@@H]1C2)OCN1C(=O)c2ccccc2C1=O. The highest BCUT2D eigenvalue weighted by molar-refractivity contribution is 6.21. The first kappa shape index (κ1) is 14.4. The molecule has 1 aliphatic heterocycles. The summed E-state index contributed by atoms with van der Waals surface area (Å²) in [6.45, 7) is -0.286. The van der Waals surface area contributed by atoms with E-state index in [1.165, 1.54) is 19.3 Å². The van der Waals surface area contributed by atoms with Gasteiger partial charge >= 0.3 is 5.97 Å². The predicted molar refractivity (Wildman–Crippen MR) is 81.5 cm³/mol. The lowest BCUT2D eigenvalue weighted by Gasteiger charge is -2.21. The summed E-state index contributed by atoms with van der Waals surface area (Å²) in [5.74, 6) is 0.778. The smallest absolute Gasteiger partial charge is 0.307 e. The number of nitrogens with zero attached hydrogens (tertiary/aromatic N) is 1. The molecule has 3 atom stereocenters. The number of fused-ring (bicyclic) bond motifs is 3. The molecule has 3 aliphatic rings. The van der Waals surface area contributed by atoms with Crippen LogP contribution in [0.25, 0.3) is 0 Å². The monoisotopic (exact) mass is 313 g/mol. The zero-order valence-electron chi connectivity index (χ0n) is 12.9. The van der Waals surface area contributed by atoms with Crippen molar-refractivity contribution in [3.8, 4) is 0 Å². The molecule has 2 saturated carbocycles. The lowest BCUT2D eigenvalue weighted by atomic mass is 9.86. The molecule has 0 saturated heterocycles. The molecule has 1 aromatic carbocycles. The highest BCUT2D eigenvalue weighted by atomic mass is 16.5. The van der Waals surface area contributed by atoms with Gasteiger partial charge in [-0.2, -0.15) is 0 Å². The number of carbonyl (C=O) groups excluding carboxylic acids is 3. The minimum atomic E-state index is -0.390. The molecular formula is C18H19NO4. The second kappa shape index (κ2) is 5.48. The summed E-state index contributed by atoms with van der Waals surface area (Å²) in [5, 5.41) is 0. The number of esters is 1. The van der Waals surface area contributed by atoms with Gasteiger partial charge in [0.1, 0.15) is 0 Å². The van der Waals surface area contributed by atoms with Crippen LogP contribution in [0.3, 0.4) is 0 Å². The van der Waals surface area contributed by atoms with Crippen molar-refractivity contribution in [2.75, 3.05) is 6.73 Å². The molecule has 2 bridgehead atoms. The summed E-state index contributed by atoms with van der Waals surface area (Å²) < 4.78 is 5.21. The molecule has 0 spiro atoms. The third-order valence-corrected chi connectivity index (χ3v) is 5.55. The summed E-state index contributed by atoms with van der Waals surface area (Å²) in [4.78, 5) is 37.4. The van der Waals surface area contributed by atoms with Crippen molar-refractivity contribution in [2.45, 2.75) is 32.1 Å². The molecular weight excluding hydrogens is 294 g/mol. The Morgan fingerprint density at radius 2 is 1.78 bits per heavy atom. The minimum Gasteiger partial charge on any atom is -0.444 e. The van der Waals surface area contributed by atoms with Gasteiger partial charge in [0, 0.05) is 6.42 Å². The average molecular weight is 313 g/mol. The molecule has 5 heteroatoms. The molecule has 0 radical (unpaired) electrons. The van der Waals surface area contributed by atoms with Crippen LogP contribution in [0, 0.1) is 17.8 Å². The normalized spacial score (nSPS) is 28.3. The van der Waals surface area contributed by atoms with Gasteiger partial charge in [-0.05, 0) is 49.1 Å². The van der Waals surface area contributed by atoms with Crippen LogP contribution in [-0.4, -0.2) is 29.4 Å². The van der Waals surface area contributed by atoms with E-state index in [0.29, 0.717) is 29.4 Å². The van der Waals surface area contributed by atoms with Crippen LogP contribution in [0.5, 0.6) is 0 Å². The van der Waals surface area contributed by atoms with E-state index in [-0.39, 0.29) is 12.7 Å². The Balaban J connectivity index is 1.34. The Bertz CT molecular complexity index is 648. The Kier molecular flexibility index (Phi) is 3.43. The first-order valence-electron chi connectivity index (χ1n) is 8.24. The summed E-state index contributed by atoms with van der Waals surface area (Å²) in [5.41, 5.74) is 0.753. The van der Waals surface area contributed by atoms with Gasteiger partial charge in [-0.25, -0.2) is 4.90 Å². The summed E-state index contributed by atoms with van der Waals surface area (Å²) in [6.07, 6.45) is 5.29. The zero-order valence-corrected chi connectivity index (χ0v) is 12.9. The van der Waals surface area contributed by atoms with Gasteiger partial charge in [-0.3, -0.25) is 14.4 Å². The van der Waals surface area contributed by atoms with E-state index >= 15 is 0 Å². The molecule has 5 nitrogen and oxygen atoms in total. The highest BCUT2D eigenvalue weighted by Crippen LogP contribution is 2.49. The van der Waals surface area contributed by atoms with Crippen LogP contribution in [0.1, 0.15) is 52.8 Å². The molecule has 0 unspecified atom stereocenters. The van der Waals surface area contributed by atoms with E-state index in [0.717, 1.165) is 17.2 Å². The lowest BCUT2D eigenvalue weighted by molar-refractivity contribution is -0.147. The molecule has 0 N–H and O–H groups in total. The number of carbonyl (C=O) groups is 3. The standard InChI is InChI=1S/C18H19NO4/c20-16(9-13-8-11-5-6-12(13)7-11)23-10-19-17(21)14-3-1-2-4-15(14)18(19)22/h1-4,11-13H,5-10H2/t11-,12-,13+/m1/s1. The van der Waals surface area contributed by atoms with Crippen molar-refractivity contribution in [3.63, 3.8) is 0 Å². The molecule has 4 rings (SSSR count). The third kappa shape index (κ3) is 2.44. The van der Waals surface area contributed by atoms with E-state index in [2.05, 4.69) is 0 Å². The number of imide groups is 1. The van der Waals surface area contributed by atoms with Crippen molar-refractivity contribution in [1.29, 1.82) is 0 Å². The number of ether oxygens (including phenoxy) is 1. The third-order valence-electron chi connectivity index (χ3n) is 5.55. The van der Waals surface area contributed by atoms with Crippen LogP contribution in [0.15, 0.2) is 24.3 Å². The summed E-state index contributed by atoms with van der Waals surface area (Å²) >= 11 is 0. The van der Waals surface area contributed by atoms with Crippen LogP contribution >= 0.6 is 0 Å². The number of rotatable bonds is 4. The van der Waals surface area contributed by atoms with Crippen molar-refractivity contribution in [3.05, 3.63) is 35.4 Å². The molecule has 0 aromatic heterocycles. The van der Waals surface area contributed by atoms with Gasteiger partial charge in [0.25, 0.3) is 11.8 Å². The average Bonchev–Trinajstić information content (AvgIpc) is 3.22. The Morgan fingerprint density at radius 3 is 2.35 bits per heavy atom. The Labute approximate surface area is 134 Å². The second-order valence-corrected chi connectivity index (χ2v) is 6.87. The number of hydrogen-bond acceptors (Lipinski definition) is 4. The zero-order chi connectivity index (χ0) is 16.0. The number of amides is 2. The first-order chi connectivity index (χ1) is 11.1. The van der Waals surface area contributed by atoms with Crippen molar-refractivity contribution < 1.29 is 19.1 Å². The molecule has 2 aliphatic carbocycles. The fourth-order valence-corrected chi connectivity index (χ4v) is 4.39. The van der Waals surface area contributed by atoms with Crippen molar-refractivity contribution >= 4 is 17.8 Å². The largest absolute Gasteiger partial charge is 0.444 e. The second-order valence-electron chi connectivity index (χ2n) is 6.87. The van der Waals surface area contributed by atoms with Gasteiger partial charge in [-0.15, -0.1) is 0 Å². The molecule has 120 valence electrons. The van der Waals surface area contributed by atoms with Gasteiger partial charge < -0.3 is 4.74 Å². The predicted octanol–water partition coefficient (Wildman–Crippen LogP) is 2.61. The lowest BCUT2D eigenvalue weighted by Crippen LogP contribution is -2.33. The fourth-order valence-electron chi connectivity index (χ4n) is 4.39. The van der Waals surface area contributed by atoms with Gasteiger partial charge in [-0.1, -0.05) is 18.6 Å². The van der Waals surface area contributed by atoms with Gasteiger partial charge in [0.15, 0.2) is 6.73 Å². The highest BCUT2D eigenvalue weighted by Gasteiger charge is 2.41. The molecule has 23 heavy (non-hydrogen) atoms. The van der Waals surface area contributed by atoms with E-state index in [9.17, 15) is 14.4 Å². The van der Waals surface area contributed by atoms with Gasteiger partial charge in [0.2, 0.25) is 0 Å². The van der Waals surface area contributed by atoms with Crippen LogP contribution in [0.2, 0.25) is 0 Å². The Hall–Kier alpha value is -2.17. The van der Waals surface area contributed by atoms with Crippen LogP contribution in [0.4, 0.5) is 0 Å². The maximum absolute atomic E-state index is 12.2. The first-order valence-corrected chi connectivity index (χ1v) is 8.24. The van der Waals surface area contributed by atoms with Crippen molar-refractivity contribution in [2.24, 2.45) is 17.8 Å². The fraction of sp³-hybridized carbons (Fsp3) is 0.500. The summed E-state index contributed by atoms with van der Waals surface area (Å²) in [6, 6.07) is 6.67. The van der Waals surface area contributed by atoms with E-state index in [1.54, 1.807) is 24.3 Å². The van der Waals surface area contributed by atoms with E-state index in [4.69, 9.17) is 4.74 Å². The Morgan fingerprint density at radius 1 is 1.09 bits per heavy atom. The van der Waals surface area contributed by atoms with Crippen LogP contribution < -0.4 is 0 Å². The maximum Gasteiger partial charge on any atom is 0.307 e. The molecule has 2 amide bonds. The topological polar surface area (TPSA) is 63.7 Å². The maximum atomic E-state index is 12.2. The molecule has 1 heterocycles. The van der Waals surface area contributed by atoms with E-state index < -0.39 is 11.8 Å². The van der Waals surface area contributed by atoms with Crippen molar-refractivity contribution in [1.82, 2.24) is 4.90 Å². The minimum absolute atomic E-state index is 0.286. The quantitative estimate of drug-likeness (QED) is 0.633. The van der Waals surface area contributed by atoms with Crippen LogP contribution in [-0.2, 0) is 9.53 Å².